The minimum absolute atomic E-state index is 0.0000911. The van der Waals surface area contributed by atoms with E-state index in [9.17, 15) is 14.7 Å². The molecule has 0 bridgehead atoms. The van der Waals surface area contributed by atoms with Crippen LogP contribution in [0.25, 0.3) is 11.0 Å². The maximum atomic E-state index is 13.7. The van der Waals surface area contributed by atoms with Crippen molar-refractivity contribution in [3.8, 4) is 11.5 Å². The number of methoxy groups -OCH3 is 1. The fraction of sp³-hybridized carbons (Fsp3) is 0.154. The Morgan fingerprint density at radius 3 is 2.56 bits per heavy atom. The fourth-order valence-electron chi connectivity index (χ4n) is 4.30. The smallest absolute Gasteiger partial charge is 0.291 e. The van der Waals surface area contributed by atoms with Crippen molar-refractivity contribution in [1.82, 2.24) is 4.90 Å². The maximum absolute atomic E-state index is 13.7. The Morgan fingerprint density at radius 1 is 1.12 bits per heavy atom. The molecule has 1 unspecified atom stereocenters. The summed E-state index contributed by atoms with van der Waals surface area (Å²) < 4.78 is 11.7. The standard InChI is InChI=1S/C26H19BrClNO5/c1-13-3-5-14(6-4-13)12-29-22(15-9-18(27)24(31)20(10-15)33-2)21-23(30)17-11-16(28)7-8-19(17)34-25(21)26(29)32/h3-11,22,31H,12H2,1-2H3. The number of carbonyl (C=O) groups excluding carboxylic acids is 1. The molecule has 34 heavy (non-hydrogen) atoms. The summed E-state index contributed by atoms with van der Waals surface area (Å²) in [7, 11) is 1.44. The van der Waals surface area contributed by atoms with Gasteiger partial charge >= 0.3 is 0 Å². The summed E-state index contributed by atoms with van der Waals surface area (Å²) in [5, 5.41) is 11.0. The fourth-order valence-corrected chi connectivity index (χ4v) is 4.93. The van der Waals surface area contributed by atoms with Crippen molar-refractivity contribution in [3.63, 3.8) is 0 Å². The number of aromatic hydroxyl groups is 1. The number of amides is 1. The number of fused-ring (bicyclic) bond motifs is 2. The Hall–Kier alpha value is -3.29. The molecule has 1 aliphatic rings. The van der Waals surface area contributed by atoms with E-state index in [-0.39, 0.29) is 34.8 Å². The molecule has 2 heterocycles. The number of halogens is 2. The van der Waals surface area contributed by atoms with Gasteiger partial charge in [0, 0.05) is 11.6 Å². The molecule has 1 aromatic heterocycles. The van der Waals surface area contributed by atoms with Gasteiger partial charge in [-0.3, -0.25) is 9.59 Å². The molecule has 4 aromatic rings. The average Bonchev–Trinajstić information content (AvgIpc) is 3.09. The van der Waals surface area contributed by atoms with Crippen molar-refractivity contribution in [2.24, 2.45) is 0 Å². The molecule has 172 valence electrons. The second kappa shape index (κ2) is 8.49. The van der Waals surface area contributed by atoms with Gasteiger partial charge in [-0.1, -0.05) is 41.4 Å². The van der Waals surface area contributed by atoms with Crippen molar-refractivity contribution in [1.29, 1.82) is 0 Å². The van der Waals surface area contributed by atoms with Gasteiger partial charge in [-0.2, -0.15) is 0 Å². The number of rotatable bonds is 4. The highest BCUT2D eigenvalue weighted by Crippen LogP contribution is 2.44. The van der Waals surface area contributed by atoms with E-state index in [4.69, 9.17) is 20.8 Å². The Morgan fingerprint density at radius 2 is 1.85 bits per heavy atom. The first-order valence-electron chi connectivity index (χ1n) is 10.5. The average molecular weight is 541 g/mol. The number of ether oxygens (including phenoxy) is 1. The molecule has 0 spiro atoms. The highest BCUT2D eigenvalue weighted by atomic mass is 79.9. The van der Waals surface area contributed by atoms with Gasteiger partial charge < -0.3 is 19.2 Å². The van der Waals surface area contributed by atoms with Crippen molar-refractivity contribution in [2.75, 3.05) is 7.11 Å². The number of hydrogen-bond acceptors (Lipinski definition) is 5. The van der Waals surface area contributed by atoms with Crippen LogP contribution in [-0.4, -0.2) is 23.0 Å². The zero-order chi connectivity index (χ0) is 24.1. The predicted octanol–water partition coefficient (Wildman–Crippen LogP) is 5.98. The monoisotopic (exact) mass is 539 g/mol. The molecule has 0 radical (unpaired) electrons. The van der Waals surface area contributed by atoms with Crippen LogP contribution in [0.5, 0.6) is 11.5 Å². The van der Waals surface area contributed by atoms with E-state index >= 15 is 0 Å². The maximum Gasteiger partial charge on any atom is 0.291 e. The van der Waals surface area contributed by atoms with Gasteiger partial charge in [-0.25, -0.2) is 0 Å². The third kappa shape index (κ3) is 3.65. The SMILES string of the molecule is COc1cc(C2c3c(oc4ccc(Cl)cc4c3=O)C(=O)N2Cc2ccc(C)cc2)cc(Br)c1O. The van der Waals surface area contributed by atoms with Gasteiger partial charge in [0.2, 0.25) is 5.76 Å². The minimum atomic E-state index is -0.755. The van der Waals surface area contributed by atoms with Gasteiger partial charge in [0.05, 0.1) is 28.6 Å². The van der Waals surface area contributed by atoms with Crippen molar-refractivity contribution in [3.05, 3.63) is 102 Å². The third-order valence-electron chi connectivity index (χ3n) is 5.99. The van der Waals surface area contributed by atoms with Crippen LogP contribution in [-0.2, 0) is 6.54 Å². The van der Waals surface area contributed by atoms with E-state index in [2.05, 4.69) is 15.9 Å². The summed E-state index contributed by atoms with van der Waals surface area (Å²) >= 11 is 9.49. The lowest BCUT2D eigenvalue weighted by molar-refractivity contribution is 0.0714. The Labute approximate surface area is 208 Å². The highest BCUT2D eigenvalue weighted by molar-refractivity contribution is 9.10. The highest BCUT2D eigenvalue weighted by Gasteiger charge is 2.43. The molecule has 6 nitrogen and oxygen atoms in total. The first-order valence-corrected chi connectivity index (χ1v) is 11.6. The lowest BCUT2D eigenvalue weighted by Crippen LogP contribution is -2.29. The van der Waals surface area contributed by atoms with Crippen molar-refractivity contribution < 1.29 is 19.1 Å². The van der Waals surface area contributed by atoms with Crippen LogP contribution in [0.15, 0.2) is 68.3 Å². The molecule has 0 saturated carbocycles. The summed E-state index contributed by atoms with van der Waals surface area (Å²) in [6.07, 6.45) is 0. The predicted molar refractivity (Wildman–Crippen MR) is 133 cm³/mol. The molecular weight excluding hydrogens is 522 g/mol. The first kappa shape index (κ1) is 22.5. The summed E-state index contributed by atoms with van der Waals surface area (Å²) in [5.74, 6) is -0.246. The molecule has 5 rings (SSSR count). The third-order valence-corrected chi connectivity index (χ3v) is 6.83. The van der Waals surface area contributed by atoms with Crippen LogP contribution in [0.1, 0.15) is 38.9 Å². The molecule has 8 heteroatoms. The van der Waals surface area contributed by atoms with E-state index in [1.807, 2.05) is 31.2 Å². The summed E-state index contributed by atoms with van der Waals surface area (Å²) in [5.41, 5.74) is 2.79. The second-order valence-electron chi connectivity index (χ2n) is 8.19. The number of phenols is 1. The van der Waals surface area contributed by atoms with E-state index in [0.717, 1.165) is 11.1 Å². The summed E-state index contributed by atoms with van der Waals surface area (Å²) in [6.45, 7) is 2.24. The number of benzene rings is 3. The number of phenolic OH excluding ortho intramolecular Hbond substituents is 1. The zero-order valence-electron chi connectivity index (χ0n) is 18.3. The lowest BCUT2D eigenvalue weighted by Gasteiger charge is -2.26. The van der Waals surface area contributed by atoms with Gasteiger partial charge in [0.1, 0.15) is 5.58 Å². The second-order valence-corrected chi connectivity index (χ2v) is 9.48. The van der Waals surface area contributed by atoms with E-state index < -0.39 is 11.9 Å². The summed E-state index contributed by atoms with van der Waals surface area (Å²) in [4.78, 5) is 28.9. The van der Waals surface area contributed by atoms with Gasteiger partial charge in [0.15, 0.2) is 16.9 Å². The molecule has 0 aliphatic carbocycles. The molecule has 0 fully saturated rings. The van der Waals surface area contributed by atoms with Crippen LogP contribution in [0.3, 0.4) is 0 Å². The lowest BCUT2D eigenvalue weighted by atomic mass is 9.97. The van der Waals surface area contributed by atoms with Crippen LogP contribution in [0.2, 0.25) is 5.02 Å². The number of hydrogen-bond donors (Lipinski definition) is 1. The zero-order valence-corrected chi connectivity index (χ0v) is 20.6. The number of nitrogens with zero attached hydrogens (tertiary/aromatic N) is 1. The van der Waals surface area contributed by atoms with E-state index in [1.165, 1.54) is 7.11 Å². The quantitative estimate of drug-likeness (QED) is 0.345. The largest absolute Gasteiger partial charge is 0.503 e. The molecule has 3 aromatic carbocycles. The molecular formula is C26H19BrClNO5. The molecule has 1 amide bonds. The van der Waals surface area contributed by atoms with E-state index in [0.29, 0.717) is 26.0 Å². The number of carbonyl (C=O) groups is 1. The Bertz CT molecular complexity index is 1510. The van der Waals surface area contributed by atoms with Crippen molar-refractivity contribution in [2.45, 2.75) is 19.5 Å². The van der Waals surface area contributed by atoms with Gasteiger partial charge in [-0.15, -0.1) is 0 Å². The Kier molecular flexibility index (Phi) is 5.62. The topological polar surface area (TPSA) is 80.0 Å². The molecule has 0 saturated heterocycles. The van der Waals surface area contributed by atoms with E-state index in [1.54, 1.807) is 35.2 Å². The molecule has 1 aliphatic heterocycles. The van der Waals surface area contributed by atoms with Gasteiger partial charge in [0.25, 0.3) is 5.91 Å². The molecule has 1 N–H and O–H groups in total. The number of aryl methyl sites for hydroxylation is 1. The molecule has 1 atom stereocenters. The Balaban J connectivity index is 1.76. The van der Waals surface area contributed by atoms with Crippen molar-refractivity contribution >= 4 is 44.4 Å². The van der Waals surface area contributed by atoms with Crippen LogP contribution < -0.4 is 10.2 Å². The van der Waals surface area contributed by atoms with Gasteiger partial charge in [-0.05, 0) is 64.3 Å². The minimum Gasteiger partial charge on any atom is -0.503 e. The van der Waals surface area contributed by atoms with Crippen LogP contribution in [0, 0.1) is 6.92 Å². The van der Waals surface area contributed by atoms with Crippen LogP contribution >= 0.6 is 27.5 Å². The summed E-state index contributed by atoms with van der Waals surface area (Å²) in [6, 6.07) is 15.1. The first-order chi connectivity index (χ1) is 16.3. The van der Waals surface area contributed by atoms with Crippen LogP contribution in [0.4, 0.5) is 0 Å². The normalized spacial score (nSPS) is 15.1.